The molecule has 0 bridgehead atoms. The molecule has 3 N–H and O–H groups in total. The van der Waals surface area contributed by atoms with Crippen molar-refractivity contribution in [3.8, 4) is 0 Å². The number of ether oxygens (including phenoxy) is 2. The smallest absolute Gasteiger partial charge is 0.164 e. The molecule has 0 unspecified atom stereocenters. The SMILES string of the molecule is CC1(C)O[C@@H]([C@@H](O)CO)[C@@H](CO)O1. The van der Waals surface area contributed by atoms with Gasteiger partial charge < -0.3 is 24.8 Å². The average Bonchev–Trinajstić information content (AvgIpc) is 2.39. The first-order valence-corrected chi connectivity index (χ1v) is 4.25. The minimum Gasteiger partial charge on any atom is -0.394 e. The summed E-state index contributed by atoms with van der Waals surface area (Å²) in [7, 11) is 0. The van der Waals surface area contributed by atoms with E-state index in [1.807, 2.05) is 0 Å². The van der Waals surface area contributed by atoms with Gasteiger partial charge in [0.1, 0.15) is 18.3 Å². The Morgan fingerprint density at radius 1 is 1.31 bits per heavy atom. The van der Waals surface area contributed by atoms with Gasteiger partial charge in [-0.3, -0.25) is 0 Å². The number of hydrogen-bond donors (Lipinski definition) is 3. The highest BCUT2D eigenvalue weighted by molar-refractivity contribution is 4.85. The third-order valence-corrected chi connectivity index (χ3v) is 1.97. The highest BCUT2D eigenvalue weighted by atomic mass is 16.8. The molecule has 0 aliphatic carbocycles. The molecular formula is C8H16O5. The Hall–Kier alpha value is -0.200. The van der Waals surface area contributed by atoms with Gasteiger partial charge in [0, 0.05) is 0 Å². The molecule has 1 heterocycles. The molecule has 0 aromatic heterocycles. The zero-order valence-corrected chi connectivity index (χ0v) is 7.80. The second kappa shape index (κ2) is 3.89. The van der Waals surface area contributed by atoms with Gasteiger partial charge >= 0.3 is 0 Å². The third kappa shape index (κ3) is 2.38. The minimum atomic E-state index is -1.01. The number of hydrogen-bond acceptors (Lipinski definition) is 5. The first-order valence-electron chi connectivity index (χ1n) is 4.25. The standard InChI is InChI=1S/C8H16O5/c1-8(2)12-6(4-10)7(13-8)5(11)3-9/h5-7,9-11H,3-4H2,1-2H3/t5-,6+,7-/m0/s1. The van der Waals surface area contributed by atoms with E-state index in [1.54, 1.807) is 13.8 Å². The zero-order valence-electron chi connectivity index (χ0n) is 7.80. The summed E-state index contributed by atoms with van der Waals surface area (Å²) in [6.45, 7) is 2.76. The van der Waals surface area contributed by atoms with Crippen LogP contribution in [0.15, 0.2) is 0 Å². The Bertz CT molecular complexity index is 170. The fourth-order valence-electron chi connectivity index (χ4n) is 1.43. The van der Waals surface area contributed by atoms with Gasteiger partial charge in [-0.05, 0) is 13.8 Å². The van der Waals surface area contributed by atoms with E-state index < -0.39 is 30.7 Å². The van der Waals surface area contributed by atoms with Crippen molar-refractivity contribution in [3.05, 3.63) is 0 Å². The van der Waals surface area contributed by atoms with Crippen LogP contribution in [0.2, 0.25) is 0 Å². The van der Waals surface area contributed by atoms with Crippen molar-refractivity contribution >= 4 is 0 Å². The van der Waals surface area contributed by atoms with E-state index in [0.717, 1.165) is 0 Å². The van der Waals surface area contributed by atoms with Crippen LogP contribution in [0.5, 0.6) is 0 Å². The fourth-order valence-corrected chi connectivity index (χ4v) is 1.43. The predicted octanol–water partition coefficient (Wildman–Crippen LogP) is -1.15. The minimum absolute atomic E-state index is 0.231. The van der Waals surface area contributed by atoms with Gasteiger partial charge in [-0.2, -0.15) is 0 Å². The van der Waals surface area contributed by atoms with Crippen molar-refractivity contribution in [1.82, 2.24) is 0 Å². The monoisotopic (exact) mass is 192 g/mol. The topological polar surface area (TPSA) is 79.2 Å². The van der Waals surface area contributed by atoms with Crippen molar-refractivity contribution in [1.29, 1.82) is 0 Å². The number of aliphatic hydroxyl groups is 3. The summed E-state index contributed by atoms with van der Waals surface area (Å²) in [6, 6.07) is 0. The van der Waals surface area contributed by atoms with E-state index in [-0.39, 0.29) is 6.61 Å². The summed E-state index contributed by atoms with van der Waals surface area (Å²) in [5.74, 6) is -0.811. The van der Waals surface area contributed by atoms with Crippen LogP contribution in [0.25, 0.3) is 0 Å². The zero-order chi connectivity index (χ0) is 10.1. The molecule has 0 radical (unpaired) electrons. The Morgan fingerprint density at radius 3 is 2.38 bits per heavy atom. The maximum atomic E-state index is 9.33. The molecule has 78 valence electrons. The van der Waals surface area contributed by atoms with Gasteiger partial charge in [-0.15, -0.1) is 0 Å². The maximum absolute atomic E-state index is 9.33. The molecule has 5 heteroatoms. The van der Waals surface area contributed by atoms with Gasteiger partial charge in [-0.1, -0.05) is 0 Å². The molecule has 1 saturated heterocycles. The molecule has 0 aromatic rings. The number of rotatable bonds is 3. The number of aliphatic hydroxyl groups excluding tert-OH is 3. The molecular weight excluding hydrogens is 176 g/mol. The maximum Gasteiger partial charge on any atom is 0.164 e. The molecule has 5 nitrogen and oxygen atoms in total. The highest BCUT2D eigenvalue weighted by Gasteiger charge is 2.44. The second-order valence-electron chi connectivity index (χ2n) is 3.57. The van der Waals surface area contributed by atoms with Crippen molar-refractivity contribution in [2.24, 2.45) is 0 Å². The molecule has 3 atom stereocenters. The van der Waals surface area contributed by atoms with Crippen molar-refractivity contribution in [2.45, 2.75) is 37.9 Å². The van der Waals surface area contributed by atoms with Crippen LogP contribution in [-0.4, -0.2) is 52.6 Å². The lowest BCUT2D eigenvalue weighted by molar-refractivity contribution is -0.158. The van der Waals surface area contributed by atoms with E-state index in [1.165, 1.54) is 0 Å². The molecule has 1 fully saturated rings. The Morgan fingerprint density at radius 2 is 1.92 bits per heavy atom. The van der Waals surface area contributed by atoms with Crippen LogP contribution in [0, 0.1) is 0 Å². The Kier molecular flexibility index (Phi) is 3.26. The summed E-state index contributed by atoms with van der Waals surface area (Å²) in [6.07, 6.45) is -2.25. The molecule has 1 aliphatic rings. The first kappa shape index (κ1) is 10.9. The molecule has 1 aliphatic heterocycles. The Labute approximate surface area is 76.9 Å². The normalized spacial score (nSPS) is 34.8. The molecule has 0 aromatic carbocycles. The largest absolute Gasteiger partial charge is 0.394 e. The van der Waals surface area contributed by atoms with E-state index in [0.29, 0.717) is 0 Å². The lowest BCUT2D eigenvalue weighted by atomic mass is 10.1. The van der Waals surface area contributed by atoms with Crippen LogP contribution in [0.1, 0.15) is 13.8 Å². The highest BCUT2D eigenvalue weighted by Crippen LogP contribution is 2.29. The summed E-state index contributed by atoms with van der Waals surface area (Å²) >= 11 is 0. The van der Waals surface area contributed by atoms with E-state index >= 15 is 0 Å². The van der Waals surface area contributed by atoms with Crippen LogP contribution < -0.4 is 0 Å². The summed E-state index contributed by atoms with van der Waals surface area (Å²) < 4.78 is 10.6. The van der Waals surface area contributed by atoms with E-state index in [2.05, 4.69) is 0 Å². The summed E-state index contributed by atoms with van der Waals surface area (Å²) in [5.41, 5.74) is 0. The predicted molar refractivity (Wildman–Crippen MR) is 44.0 cm³/mol. The van der Waals surface area contributed by atoms with Crippen LogP contribution in [-0.2, 0) is 9.47 Å². The van der Waals surface area contributed by atoms with Crippen molar-refractivity contribution in [2.75, 3.05) is 13.2 Å². The van der Waals surface area contributed by atoms with Crippen LogP contribution in [0.3, 0.4) is 0 Å². The molecule has 13 heavy (non-hydrogen) atoms. The van der Waals surface area contributed by atoms with Crippen molar-refractivity contribution in [3.63, 3.8) is 0 Å². The van der Waals surface area contributed by atoms with Crippen molar-refractivity contribution < 1.29 is 24.8 Å². The van der Waals surface area contributed by atoms with Crippen LogP contribution in [0.4, 0.5) is 0 Å². The Balaban J connectivity index is 2.63. The quantitative estimate of drug-likeness (QED) is 0.526. The van der Waals surface area contributed by atoms with Gasteiger partial charge in [0.2, 0.25) is 0 Å². The third-order valence-electron chi connectivity index (χ3n) is 1.97. The van der Waals surface area contributed by atoms with Gasteiger partial charge in [0.15, 0.2) is 5.79 Å². The van der Waals surface area contributed by atoms with Crippen LogP contribution >= 0.6 is 0 Å². The first-order chi connectivity index (χ1) is 6.00. The second-order valence-corrected chi connectivity index (χ2v) is 3.57. The molecule has 0 amide bonds. The van der Waals surface area contributed by atoms with E-state index in [9.17, 15) is 5.11 Å². The molecule has 0 spiro atoms. The summed E-state index contributed by atoms with van der Waals surface area (Å²) in [4.78, 5) is 0. The van der Waals surface area contributed by atoms with Gasteiger partial charge in [0.25, 0.3) is 0 Å². The molecule has 0 saturated carbocycles. The molecule has 1 rings (SSSR count). The van der Waals surface area contributed by atoms with E-state index in [4.69, 9.17) is 19.7 Å². The lowest BCUT2D eigenvalue weighted by Gasteiger charge is -2.19. The van der Waals surface area contributed by atoms with Gasteiger partial charge in [-0.25, -0.2) is 0 Å². The fraction of sp³-hybridized carbons (Fsp3) is 1.00. The van der Waals surface area contributed by atoms with Gasteiger partial charge in [0.05, 0.1) is 13.2 Å². The summed E-state index contributed by atoms with van der Waals surface area (Å²) in [5, 5.41) is 27.0. The average molecular weight is 192 g/mol. The lowest BCUT2D eigenvalue weighted by Crippen LogP contribution is -2.39.